The van der Waals surface area contributed by atoms with Gasteiger partial charge in [0, 0.05) is 18.3 Å². The van der Waals surface area contributed by atoms with Gasteiger partial charge in [0.25, 0.3) is 5.91 Å². The van der Waals surface area contributed by atoms with Gasteiger partial charge >= 0.3 is 0 Å². The van der Waals surface area contributed by atoms with Gasteiger partial charge in [-0.3, -0.25) is 4.79 Å². The molecule has 2 heterocycles. The number of fused-ring (bicyclic) bond motifs is 1. The molecule has 2 aliphatic rings. The number of hydrogen-bond donors (Lipinski definition) is 1. The Bertz CT molecular complexity index is 757. The summed E-state index contributed by atoms with van der Waals surface area (Å²) < 4.78 is 5.70. The molecule has 6 nitrogen and oxygen atoms in total. The summed E-state index contributed by atoms with van der Waals surface area (Å²) >= 11 is 0. The number of aliphatic hydroxyl groups excluding tert-OH is 1. The molecule has 0 saturated heterocycles. The van der Waals surface area contributed by atoms with Crippen molar-refractivity contribution in [3.8, 4) is 17.3 Å². The minimum absolute atomic E-state index is 0.000231. The summed E-state index contributed by atoms with van der Waals surface area (Å²) in [6.45, 7) is 1.84. The summed E-state index contributed by atoms with van der Waals surface area (Å²) in [7, 11) is 0. The lowest BCUT2D eigenvalue weighted by Crippen LogP contribution is -2.34. The molecule has 2 aromatic rings. The number of carbonyl (C=O) groups is 1. The Kier molecular flexibility index (Phi) is 3.90. The summed E-state index contributed by atoms with van der Waals surface area (Å²) in [6, 6.07) is 7.36. The monoisotopic (exact) mass is 325 g/mol. The number of hydrogen-bond acceptors (Lipinski definition) is 5. The summed E-state index contributed by atoms with van der Waals surface area (Å²) in [5.41, 5.74) is 2.09. The summed E-state index contributed by atoms with van der Waals surface area (Å²) in [6.07, 6.45) is 3.97. The first-order valence-electron chi connectivity index (χ1n) is 8.24. The molecule has 0 unspecified atom stereocenters. The van der Waals surface area contributed by atoms with Crippen LogP contribution >= 0.6 is 0 Å². The Hall–Kier alpha value is -2.47. The fourth-order valence-electron chi connectivity index (χ4n) is 2.83. The van der Waals surface area contributed by atoms with E-state index in [-0.39, 0.29) is 12.5 Å². The Morgan fingerprint density at radius 3 is 2.75 bits per heavy atom. The van der Waals surface area contributed by atoms with Gasteiger partial charge in [-0.2, -0.15) is 4.98 Å². The number of carbonyl (C=O) groups excluding carboxylic acids is 1. The normalized spacial score (nSPS) is 17.2. The quantitative estimate of drug-likeness (QED) is 0.929. The molecule has 1 aromatic heterocycles. The zero-order valence-corrected chi connectivity index (χ0v) is 13.3. The van der Waals surface area contributed by atoms with Crippen LogP contribution in [0.1, 0.15) is 28.8 Å². The van der Waals surface area contributed by atoms with E-state index in [1.54, 1.807) is 6.20 Å². The molecule has 124 valence electrons. The number of rotatable bonds is 4. The SMILES string of the molecule is O=C1c2cnc(-c3ccc(CO)cc3)nc2OCCN1CC1CC1. The molecule has 24 heavy (non-hydrogen) atoms. The highest BCUT2D eigenvalue weighted by Gasteiger charge is 2.31. The number of aliphatic hydroxyl groups is 1. The average molecular weight is 325 g/mol. The second kappa shape index (κ2) is 6.20. The lowest BCUT2D eigenvalue weighted by molar-refractivity contribution is 0.0747. The number of benzene rings is 1. The lowest BCUT2D eigenvalue weighted by atomic mass is 10.1. The van der Waals surface area contributed by atoms with Crippen LogP contribution in [0.2, 0.25) is 0 Å². The van der Waals surface area contributed by atoms with Crippen LogP contribution in [0, 0.1) is 5.92 Å². The molecule has 0 atom stereocenters. The van der Waals surface area contributed by atoms with E-state index in [9.17, 15) is 4.79 Å². The Labute approximate surface area is 140 Å². The largest absolute Gasteiger partial charge is 0.475 e. The smallest absolute Gasteiger partial charge is 0.261 e. The van der Waals surface area contributed by atoms with Gasteiger partial charge in [-0.1, -0.05) is 24.3 Å². The zero-order chi connectivity index (χ0) is 16.5. The van der Waals surface area contributed by atoms with Crippen molar-refractivity contribution in [2.24, 2.45) is 5.92 Å². The van der Waals surface area contributed by atoms with Gasteiger partial charge < -0.3 is 14.7 Å². The van der Waals surface area contributed by atoms with Gasteiger partial charge in [-0.15, -0.1) is 0 Å². The topological polar surface area (TPSA) is 75.5 Å². The molecule has 1 amide bonds. The van der Waals surface area contributed by atoms with Gasteiger partial charge in [0.2, 0.25) is 5.88 Å². The second-order valence-corrected chi connectivity index (χ2v) is 6.31. The van der Waals surface area contributed by atoms with E-state index in [4.69, 9.17) is 9.84 Å². The summed E-state index contributed by atoms with van der Waals surface area (Å²) in [5, 5.41) is 9.12. The van der Waals surface area contributed by atoms with E-state index >= 15 is 0 Å². The Morgan fingerprint density at radius 2 is 2.04 bits per heavy atom. The summed E-state index contributed by atoms with van der Waals surface area (Å²) in [4.78, 5) is 23.3. The Balaban J connectivity index is 1.62. The zero-order valence-electron chi connectivity index (χ0n) is 13.3. The summed E-state index contributed by atoms with van der Waals surface area (Å²) in [5.74, 6) is 1.47. The molecular formula is C18H19N3O3. The van der Waals surface area contributed by atoms with Crippen LogP contribution in [-0.4, -0.2) is 45.6 Å². The molecule has 0 spiro atoms. The lowest BCUT2D eigenvalue weighted by Gasteiger charge is -2.19. The van der Waals surface area contributed by atoms with Crippen LogP contribution in [0.5, 0.6) is 5.88 Å². The van der Waals surface area contributed by atoms with Crippen LogP contribution in [0.3, 0.4) is 0 Å². The first-order chi connectivity index (χ1) is 11.7. The maximum Gasteiger partial charge on any atom is 0.261 e. The highest BCUT2D eigenvalue weighted by Crippen LogP contribution is 2.31. The van der Waals surface area contributed by atoms with Crippen molar-refractivity contribution < 1.29 is 14.6 Å². The molecule has 1 aliphatic heterocycles. The fourth-order valence-corrected chi connectivity index (χ4v) is 2.83. The molecule has 0 radical (unpaired) electrons. The minimum atomic E-state index is -0.0448. The van der Waals surface area contributed by atoms with Gasteiger partial charge in [0.05, 0.1) is 13.2 Å². The van der Waals surface area contributed by atoms with Crippen LogP contribution < -0.4 is 4.74 Å². The maximum atomic E-state index is 12.7. The third kappa shape index (κ3) is 2.97. The van der Waals surface area contributed by atoms with Crippen molar-refractivity contribution in [3.63, 3.8) is 0 Å². The average Bonchev–Trinajstić information content (AvgIpc) is 3.45. The van der Waals surface area contributed by atoms with E-state index in [0.717, 1.165) is 17.7 Å². The predicted molar refractivity (Wildman–Crippen MR) is 87.5 cm³/mol. The molecule has 1 aliphatic carbocycles. The predicted octanol–water partition coefficient (Wildman–Crippen LogP) is 1.88. The van der Waals surface area contributed by atoms with E-state index < -0.39 is 0 Å². The third-order valence-corrected chi connectivity index (χ3v) is 4.44. The van der Waals surface area contributed by atoms with Crippen LogP contribution in [-0.2, 0) is 6.61 Å². The van der Waals surface area contributed by atoms with Crippen molar-refractivity contribution in [3.05, 3.63) is 41.6 Å². The van der Waals surface area contributed by atoms with Gasteiger partial charge in [-0.05, 0) is 24.3 Å². The first-order valence-corrected chi connectivity index (χ1v) is 8.24. The molecule has 4 rings (SSSR count). The van der Waals surface area contributed by atoms with Crippen molar-refractivity contribution in [2.75, 3.05) is 19.7 Å². The number of ether oxygens (including phenoxy) is 1. The van der Waals surface area contributed by atoms with E-state index in [2.05, 4.69) is 9.97 Å². The van der Waals surface area contributed by atoms with Crippen molar-refractivity contribution in [2.45, 2.75) is 19.4 Å². The molecule has 1 N–H and O–H groups in total. The number of nitrogens with zero attached hydrogens (tertiary/aromatic N) is 3. The van der Waals surface area contributed by atoms with E-state index in [0.29, 0.717) is 36.3 Å². The minimum Gasteiger partial charge on any atom is -0.475 e. The van der Waals surface area contributed by atoms with Gasteiger partial charge in [-0.25, -0.2) is 4.98 Å². The van der Waals surface area contributed by atoms with Crippen LogP contribution in [0.25, 0.3) is 11.4 Å². The maximum absolute atomic E-state index is 12.7. The second-order valence-electron chi connectivity index (χ2n) is 6.31. The molecule has 0 bridgehead atoms. The molecule has 1 aromatic carbocycles. The third-order valence-electron chi connectivity index (χ3n) is 4.44. The van der Waals surface area contributed by atoms with Crippen LogP contribution in [0.15, 0.2) is 30.5 Å². The van der Waals surface area contributed by atoms with E-state index in [1.165, 1.54) is 12.8 Å². The number of amides is 1. The number of aromatic nitrogens is 2. The van der Waals surface area contributed by atoms with Crippen LogP contribution in [0.4, 0.5) is 0 Å². The van der Waals surface area contributed by atoms with E-state index in [1.807, 2.05) is 29.2 Å². The highest BCUT2D eigenvalue weighted by molar-refractivity contribution is 5.96. The standard InChI is InChI=1S/C18H19N3O3/c22-11-13-3-5-14(6-4-13)16-19-9-15-17(20-16)24-8-7-21(18(15)23)10-12-1-2-12/h3-6,9,12,22H,1-2,7-8,10-11H2. The van der Waals surface area contributed by atoms with Crippen molar-refractivity contribution in [1.82, 2.24) is 14.9 Å². The van der Waals surface area contributed by atoms with Crippen molar-refractivity contribution in [1.29, 1.82) is 0 Å². The van der Waals surface area contributed by atoms with Crippen molar-refractivity contribution >= 4 is 5.91 Å². The molecule has 1 fully saturated rings. The molecule has 6 heteroatoms. The van der Waals surface area contributed by atoms with Gasteiger partial charge in [0.1, 0.15) is 12.2 Å². The van der Waals surface area contributed by atoms with Gasteiger partial charge in [0.15, 0.2) is 5.82 Å². The molecular weight excluding hydrogens is 306 g/mol. The highest BCUT2D eigenvalue weighted by atomic mass is 16.5. The molecule has 1 saturated carbocycles. The Morgan fingerprint density at radius 1 is 1.25 bits per heavy atom. The first kappa shape index (κ1) is 15.1. The fraction of sp³-hybridized carbons (Fsp3) is 0.389.